The molecule has 1 aromatic heterocycles. The van der Waals surface area contributed by atoms with Crippen LogP contribution in [0.4, 0.5) is 5.82 Å². The van der Waals surface area contributed by atoms with E-state index in [-0.39, 0.29) is 0 Å². The first kappa shape index (κ1) is 13.6. The van der Waals surface area contributed by atoms with Gasteiger partial charge in [0.15, 0.2) is 5.82 Å². The van der Waals surface area contributed by atoms with E-state index >= 15 is 0 Å². The minimum Gasteiger partial charge on any atom is -0.368 e. The van der Waals surface area contributed by atoms with Gasteiger partial charge in [-0.05, 0) is 24.7 Å². The highest BCUT2D eigenvalue weighted by Crippen LogP contribution is 2.31. The molecule has 20 heavy (non-hydrogen) atoms. The maximum atomic E-state index is 6.10. The van der Waals surface area contributed by atoms with Crippen molar-refractivity contribution in [3.05, 3.63) is 30.5 Å². The van der Waals surface area contributed by atoms with Crippen LogP contribution < -0.4 is 5.32 Å². The zero-order valence-electron chi connectivity index (χ0n) is 11.6. The van der Waals surface area contributed by atoms with Gasteiger partial charge in [0.1, 0.15) is 0 Å². The third kappa shape index (κ3) is 2.88. The molecule has 2 atom stereocenters. The van der Waals surface area contributed by atoms with Crippen LogP contribution >= 0.6 is 11.6 Å². The first-order valence-corrected chi connectivity index (χ1v) is 7.92. The first-order valence-electron chi connectivity index (χ1n) is 7.38. The molecule has 1 aliphatic rings. The van der Waals surface area contributed by atoms with Crippen molar-refractivity contribution in [1.82, 2.24) is 10.2 Å². The SMILES string of the molecule is ClCC1CCCCC1CNc1nncc2ccccc12. The van der Waals surface area contributed by atoms with Crippen LogP contribution in [0.1, 0.15) is 25.7 Å². The highest BCUT2D eigenvalue weighted by Gasteiger charge is 2.24. The Morgan fingerprint density at radius 2 is 1.95 bits per heavy atom. The number of nitrogens with one attached hydrogen (secondary N) is 1. The average Bonchev–Trinajstić information content (AvgIpc) is 2.53. The van der Waals surface area contributed by atoms with Crippen molar-refractivity contribution < 1.29 is 0 Å². The van der Waals surface area contributed by atoms with Gasteiger partial charge in [0.25, 0.3) is 0 Å². The van der Waals surface area contributed by atoms with Crippen LogP contribution in [0, 0.1) is 11.8 Å². The minimum absolute atomic E-state index is 0.640. The molecule has 0 aliphatic heterocycles. The summed E-state index contributed by atoms with van der Waals surface area (Å²) in [6.07, 6.45) is 6.98. The number of rotatable bonds is 4. The second kappa shape index (κ2) is 6.40. The van der Waals surface area contributed by atoms with Crippen LogP contribution in [0.5, 0.6) is 0 Å². The molecule has 2 aromatic rings. The molecular weight excluding hydrogens is 270 g/mol. The highest BCUT2D eigenvalue weighted by atomic mass is 35.5. The van der Waals surface area contributed by atoms with Crippen LogP contribution in [-0.4, -0.2) is 22.6 Å². The van der Waals surface area contributed by atoms with Crippen molar-refractivity contribution in [2.45, 2.75) is 25.7 Å². The standard InChI is InChI=1S/C16H20ClN3/c17-9-12-5-1-2-6-13(12)10-18-16-15-8-4-3-7-14(15)11-19-20-16/h3-4,7-8,11-13H,1-2,5-6,9-10H2,(H,18,20). The van der Waals surface area contributed by atoms with E-state index in [0.717, 1.165) is 29.0 Å². The zero-order valence-corrected chi connectivity index (χ0v) is 12.3. The lowest BCUT2D eigenvalue weighted by Crippen LogP contribution is -2.27. The summed E-state index contributed by atoms with van der Waals surface area (Å²) in [6, 6.07) is 8.22. The summed E-state index contributed by atoms with van der Waals surface area (Å²) in [5.74, 6) is 2.96. The van der Waals surface area contributed by atoms with Gasteiger partial charge in [-0.15, -0.1) is 16.7 Å². The van der Waals surface area contributed by atoms with Gasteiger partial charge in [0, 0.05) is 23.2 Å². The van der Waals surface area contributed by atoms with Crippen LogP contribution in [-0.2, 0) is 0 Å². The Labute approximate surface area is 124 Å². The van der Waals surface area contributed by atoms with Crippen LogP contribution in [0.15, 0.2) is 30.5 Å². The predicted octanol–water partition coefficient (Wildman–Crippen LogP) is 4.09. The van der Waals surface area contributed by atoms with Gasteiger partial charge in [-0.1, -0.05) is 37.1 Å². The fourth-order valence-electron chi connectivity index (χ4n) is 3.14. The quantitative estimate of drug-likeness (QED) is 0.862. The molecule has 106 valence electrons. The van der Waals surface area contributed by atoms with Gasteiger partial charge in [-0.2, -0.15) is 5.10 Å². The Morgan fingerprint density at radius 1 is 1.15 bits per heavy atom. The van der Waals surface area contributed by atoms with E-state index in [1.165, 1.54) is 25.7 Å². The molecule has 2 unspecified atom stereocenters. The molecule has 0 amide bonds. The number of anilines is 1. The van der Waals surface area contributed by atoms with E-state index in [1.54, 1.807) is 0 Å². The Morgan fingerprint density at radius 3 is 2.80 bits per heavy atom. The molecular formula is C16H20ClN3. The number of benzene rings is 1. The van der Waals surface area contributed by atoms with Crippen molar-refractivity contribution >= 4 is 28.2 Å². The van der Waals surface area contributed by atoms with Crippen molar-refractivity contribution in [2.24, 2.45) is 11.8 Å². The monoisotopic (exact) mass is 289 g/mol. The number of aromatic nitrogens is 2. The molecule has 1 heterocycles. The van der Waals surface area contributed by atoms with Gasteiger partial charge in [0.2, 0.25) is 0 Å². The number of nitrogens with zero attached hydrogens (tertiary/aromatic N) is 2. The molecule has 0 spiro atoms. The molecule has 3 rings (SSSR count). The molecule has 0 saturated heterocycles. The maximum absolute atomic E-state index is 6.10. The zero-order chi connectivity index (χ0) is 13.8. The highest BCUT2D eigenvalue weighted by molar-refractivity contribution is 6.18. The van der Waals surface area contributed by atoms with Gasteiger partial charge >= 0.3 is 0 Å². The van der Waals surface area contributed by atoms with E-state index in [1.807, 2.05) is 18.3 Å². The number of hydrogen-bond acceptors (Lipinski definition) is 3. The fourth-order valence-corrected chi connectivity index (χ4v) is 3.55. The van der Waals surface area contributed by atoms with Gasteiger partial charge < -0.3 is 5.32 Å². The molecule has 0 bridgehead atoms. The Bertz CT molecular complexity index is 567. The number of hydrogen-bond donors (Lipinski definition) is 1. The molecule has 3 nitrogen and oxygen atoms in total. The average molecular weight is 290 g/mol. The van der Waals surface area contributed by atoms with Gasteiger partial charge in [-0.3, -0.25) is 0 Å². The van der Waals surface area contributed by atoms with Gasteiger partial charge in [0.05, 0.1) is 6.20 Å². The van der Waals surface area contributed by atoms with Crippen LogP contribution in [0.2, 0.25) is 0 Å². The van der Waals surface area contributed by atoms with E-state index in [4.69, 9.17) is 11.6 Å². The van der Waals surface area contributed by atoms with Gasteiger partial charge in [-0.25, -0.2) is 0 Å². The van der Waals surface area contributed by atoms with Crippen molar-refractivity contribution in [2.75, 3.05) is 17.7 Å². The lowest BCUT2D eigenvalue weighted by Gasteiger charge is -2.30. The second-order valence-electron chi connectivity index (χ2n) is 5.62. The molecule has 1 aliphatic carbocycles. The normalized spacial score (nSPS) is 22.9. The summed E-state index contributed by atoms with van der Waals surface area (Å²) in [6.45, 7) is 0.945. The number of halogens is 1. The van der Waals surface area contributed by atoms with Crippen molar-refractivity contribution in [3.63, 3.8) is 0 Å². The number of alkyl halides is 1. The summed E-state index contributed by atoms with van der Waals surface area (Å²) in [7, 11) is 0. The van der Waals surface area contributed by atoms with E-state index < -0.39 is 0 Å². The third-order valence-electron chi connectivity index (χ3n) is 4.37. The maximum Gasteiger partial charge on any atom is 0.156 e. The summed E-state index contributed by atoms with van der Waals surface area (Å²) in [5.41, 5.74) is 0. The summed E-state index contributed by atoms with van der Waals surface area (Å²) in [4.78, 5) is 0. The largest absolute Gasteiger partial charge is 0.368 e. The van der Waals surface area contributed by atoms with Crippen molar-refractivity contribution in [3.8, 4) is 0 Å². The molecule has 0 radical (unpaired) electrons. The Hall–Kier alpha value is -1.35. The molecule has 1 fully saturated rings. The molecule has 1 N–H and O–H groups in total. The van der Waals surface area contributed by atoms with Crippen molar-refractivity contribution in [1.29, 1.82) is 0 Å². The second-order valence-corrected chi connectivity index (χ2v) is 5.93. The number of fused-ring (bicyclic) bond motifs is 1. The Balaban J connectivity index is 1.73. The topological polar surface area (TPSA) is 37.8 Å². The van der Waals surface area contributed by atoms with Crippen LogP contribution in [0.3, 0.4) is 0 Å². The summed E-state index contributed by atoms with van der Waals surface area (Å²) >= 11 is 6.10. The summed E-state index contributed by atoms with van der Waals surface area (Å²) < 4.78 is 0. The predicted molar refractivity (Wildman–Crippen MR) is 84.2 cm³/mol. The Kier molecular flexibility index (Phi) is 4.36. The van der Waals surface area contributed by atoms with E-state index in [9.17, 15) is 0 Å². The lowest BCUT2D eigenvalue weighted by atomic mass is 9.80. The molecule has 4 heteroatoms. The molecule has 1 saturated carbocycles. The minimum atomic E-state index is 0.640. The molecule has 1 aromatic carbocycles. The first-order chi connectivity index (χ1) is 9.88. The van der Waals surface area contributed by atoms with E-state index in [2.05, 4.69) is 27.6 Å². The third-order valence-corrected chi connectivity index (χ3v) is 4.76. The fraction of sp³-hybridized carbons (Fsp3) is 0.500. The smallest absolute Gasteiger partial charge is 0.156 e. The van der Waals surface area contributed by atoms with E-state index in [0.29, 0.717) is 11.8 Å². The van der Waals surface area contributed by atoms with Crippen LogP contribution in [0.25, 0.3) is 10.8 Å². The summed E-state index contributed by atoms with van der Waals surface area (Å²) in [5, 5.41) is 14.1. The lowest BCUT2D eigenvalue weighted by molar-refractivity contribution is 0.272.